The molecule has 2 atom stereocenters. The number of likely N-dealkylation sites (tertiary alicyclic amines) is 1. The summed E-state index contributed by atoms with van der Waals surface area (Å²) in [5.74, 6) is 1.61. The Labute approximate surface area is 359 Å². The van der Waals surface area contributed by atoms with Crippen molar-refractivity contribution < 1.29 is 0 Å². The van der Waals surface area contributed by atoms with Crippen LogP contribution in [0.25, 0.3) is 0 Å². The van der Waals surface area contributed by atoms with Gasteiger partial charge in [-0.2, -0.15) is 0 Å². The van der Waals surface area contributed by atoms with Crippen molar-refractivity contribution in [1.82, 2.24) is 14.7 Å². The second-order valence-electron chi connectivity index (χ2n) is 18.4. The number of rotatable bonds is 0. The molecule has 2 unspecified atom stereocenters. The number of likely N-dealkylation sites (N-methyl/N-ethyl adjacent to an activating group) is 2. The average Bonchev–Trinajstić information content (AvgIpc) is 3.61. The molecule has 0 N–H and O–H groups in total. The van der Waals surface area contributed by atoms with Gasteiger partial charge >= 0.3 is 0 Å². The molecule has 5 heterocycles. The number of hydrogen-bond acceptors (Lipinski definition) is 5. The first-order chi connectivity index (χ1) is 28.4. The molecule has 4 aromatic carbocycles. The van der Waals surface area contributed by atoms with Gasteiger partial charge in [-0.15, -0.1) is 0 Å². The van der Waals surface area contributed by atoms with E-state index in [2.05, 4.69) is 185 Å². The van der Waals surface area contributed by atoms with E-state index >= 15 is 0 Å². The third-order valence-corrected chi connectivity index (χ3v) is 13.6. The molecule has 5 nitrogen and oxygen atoms in total. The second-order valence-corrected chi connectivity index (χ2v) is 18.4. The molecule has 1 saturated heterocycles. The standard InChI is InChI=1S/4C11H15N.C10H15N/c1-9-5-3-7-11-10(9)6-4-8-12(11)2;1-9-5-3-6-10-7-4-8-12(2)11(9)10;1-9-4-3-5-10-8-12(2)7-6-11(9)10;1-9-4-3-5-10-6-7-12(2)8-11(9)10;1-8-4-3-5-9-6-11(2)7-10(8)9/h3,5,7H,4,6,8H2,1-2H3;3,5-6H,4,7-8H2,1-2H3;2*3-5H,6-8H2,1-2H3;3-5,9-10H,6-7H2,1-2H3. The van der Waals surface area contributed by atoms with Crippen LogP contribution < -0.4 is 9.80 Å². The number of fused-ring (bicyclic) bond motifs is 5. The highest BCUT2D eigenvalue weighted by Gasteiger charge is 2.31. The Morgan fingerprint density at radius 1 is 0.475 bits per heavy atom. The number of aryl methyl sites for hydroxylation is 5. The lowest BCUT2D eigenvalue weighted by Crippen LogP contribution is -2.27. The van der Waals surface area contributed by atoms with Crippen molar-refractivity contribution in [3.63, 3.8) is 0 Å². The highest BCUT2D eigenvalue weighted by atomic mass is 15.1. The van der Waals surface area contributed by atoms with Crippen LogP contribution in [0.5, 0.6) is 0 Å². The van der Waals surface area contributed by atoms with Crippen LogP contribution in [-0.2, 0) is 38.8 Å². The lowest BCUT2D eigenvalue weighted by atomic mass is 9.86. The van der Waals surface area contributed by atoms with Crippen molar-refractivity contribution >= 4 is 11.4 Å². The van der Waals surface area contributed by atoms with Crippen LogP contribution in [0.2, 0.25) is 0 Å². The van der Waals surface area contributed by atoms with Crippen LogP contribution in [0.15, 0.2) is 96.6 Å². The summed E-state index contributed by atoms with van der Waals surface area (Å²) >= 11 is 0. The normalized spacial score (nSPS) is 20.5. The molecule has 10 rings (SSSR count). The predicted octanol–water partition coefficient (Wildman–Crippen LogP) is 10.4. The Bertz CT molecular complexity index is 2060. The molecular formula is C54H75N5. The van der Waals surface area contributed by atoms with E-state index < -0.39 is 0 Å². The summed E-state index contributed by atoms with van der Waals surface area (Å²) in [6.45, 7) is 20.6. The number of hydrogen-bond donors (Lipinski definition) is 0. The Hall–Kier alpha value is -4.16. The van der Waals surface area contributed by atoms with E-state index in [0.717, 1.165) is 24.9 Å². The third-order valence-electron chi connectivity index (χ3n) is 13.6. The SMILES string of the molecule is CC1=CC=CC2CN(C)CC12.Cc1cccc2c1CCCN2C.Cc1cccc2c1CCN(C)C2.Cc1cccc2c1CN(C)CC2.Cc1cccc2c1N(C)CCC2. The molecule has 0 amide bonds. The fourth-order valence-corrected chi connectivity index (χ4v) is 10.1. The summed E-state index contributed by atoms with van der Waals surface area (Å²) in [7, 11) is 10.9. The minimum absolute atomic E-state index is 0.796. The fraction of sp³-hybridized carbons (Fsp3) is 0.481. The van der Waals surface area contributed by atoms with Crippen LogP contribution in [0, 0.1) is 39.5 Å². The van der Waals surface area contributed by atoms with E-state index in [9.17, 15) is 0 Å². The molecule has 5 aliphatic heterocycles. The van der Waals surface area contributed by atoms with Crippen molar-refractivity contribution in [3.8, 4) is 0 Å². The maximum absolute atomic E-state index is 2.42. The van der Waals surface area contributed by atoms with Gasteiger partial charge in [-0.25, -0.2) is 0 Å². The summed E-state index contributed by atoms with van der Waals surface area (Å²) in [4.78, 5) is 11.9. The zero-order valence-corrected chi connectivity index (χ0v) is 38.5. The molecule has 1 aliphatic carbocycles. The molecule has 0 spiro atoms. The summed E-state index contributed by atoms with van der Waals surface area (Å²) < 4.78 is 0. The molecule has 6 aliphatic rings. The number of benzene rings is 4. The van der Waals surface area contributed by atoms with Gasteiger partial charge in [0.25, 0.3) is 0 Å². The summed E-state index contributed by atoms with van der Waals surface area (Å²) in [6, 6.07) is 26.4. The van der Waals surface area contributed by atoms with Gasteiger partial charge in [0.05, 0.1) is 0 Å². The molecule has 1 fully saturated rings. The lowest BCUT2D eigenvalue weighted by molar-refractivity contribution is 0.312. The Balaban J connectivity index is 0.000000124. The van der Waals surface area contributed by atoms with Gasteiger partial charge in [-0.05, 0) is 162 Å². The highest BCUT2D eigenvalue weighted by molar-refractivity contribution is 5.60. The van der Waals surface area contributed by atoms with Crippen LogP contribution in [0.3, 0.4) is 0 Å². The van der Waals surface area contributed by atoms with Gasteiger partial charge in [0.15, 0.2) is 0 Å². The first-order valence-corrected chi connectivity index (χ1v) is 22.5. The summed E-state index contributed by atoms with van der Waals surface area (Å²) in [5.41, 5.74) is 19.5. The first-order valence-electron chi connectivity index (χ1n) is 22.5. The predicted molar refractivity (Wildman–Crippen MR) is 255 cm³/mol. The quantitative estimate of drug-likeness (QED) is 0.176. The molecular weight excluding hydrogens is 719 g/mol. The van der Waals surface area contributed by atoms with Crippen molar-refractivity contribution in [1.29, 1.82) is 0 Å². The maximum Gasteiger partial charge on any atom is 0.0425 e. The highest BCUT2D eigenvalue weighted by Crippen LogP contribution is 2.32. The summed E-state index contributed by atoms with van der Waals surface area (Å²) in [6.07, 6.45) is 14.3. The lowest BCUT2D eigenvalue weighted by Gasteiger charge is -2.29. The van der Waals surface area contributed by atoms with Gasteiger partial charge in [-0.3, -0.25) is 0 Å². The zero-order valence-electron chi connectivity index (χ0n) is 38.5. The van der Waals surface area contributed by atoms with E-state index in [1.807, 2.05) is 0 Å². The second kappa shape index (κ2) is 20.9. The molecule has 5 heteroatoms. The smallest absolute Gasteiger partial charge is 0.0425 e. The van der Waals surface area contributed by atoms with Gasteiger partial charge in [0.2, 0.25) is 0 Å². The van der Waals surface area contributed by atoms with Crippen LogP contribution >= 0.6 is 0 Å². The van der Waals surface area contributed by atoms with Crippen molar-refractivity contribution in [3.05, 3.63) is 152 Å². The minimum atomic E-state index is 0.796. The van der Waals surface area contributed by atoms with Gasteiger partial charge in [0.1, 0.15) is 0 Å². The Kier molecular flexibility index (Phi) is 15.7. The Morgan fingerprint density at radius 3 is 1.78 bits per heavy atom. The van der Waals surface area contributed by atoms with Crippen LogP contribution in [0.4, 0.5) is 11.4 Å². The zero-order chi connectivity index (χ0) is 42.1. The molecule has 0 bridgehead atoms. The number of anilines is 2. The molecule has 59 heavy (non-hydrogen) atoms. The van der Waals surface area contributed by atoms with E-state index in [-0.39, 0.29) is 0 Å². The molecule has 0 saturated carbocycles. The van der Waals surface area contributed by atoms with Crippen LogP contribution in [0.1, 0.15) is 75.4 Å². The van der Waals surface area contributed by atoms with Gasteiger partial charge in [0, 0.05) is 83.7 Å². The topological polar surface area (TPSA) is 16.2 Å². The minimum Gasteiger partial charge on any atom is -0.374 e. The first kappa shape index (κ1) is 44.4. The van der Waals surface area contributed by atoms with Gasteiger partial charge < -0.3 is 24.5 Å². The van der Waals surface area contributed by atoms with Crippen LogP contribution in [-0.4, -0.2) is 89.2 Å². The fourth-order valence-electron chi connectivity index (χ4n) is 10.1. The van der Waals surface area contributed by atoms with E-state index in [1.54, 1.807) is 27.8 Å². The van der Waals surface area contributed by atoms with Crippen molar-refractivity contribution in [2.45, 2.75) is 86.2 Å². The largest absolute Gasteiger partial charge is 0.374 e. The van der Waals surface area contributed by atoms with E-state index in [1.165, 1.54) is 123 Å². The molecule has 0 aromatic heterocycles. The Morgan fingerprint density at radius 2 is 1.07 bits per heavy atom. The van der Waals surface area contributed by atoms with Gasteiger partial charge in [-0.1, -0.05) is 90.5 Å². The number of nitrogens with zero attached hydrogens (tertiary/aromatic N) is 5. The average molecular weight is 794 g/mol. The maximum atomic E-state index is 2.42. The monoisotopic (exact) mass is 794 g/mol. The third kappa shape index (κ3) is 11.6. The van der Waals surface area contributed by atoms with Crippen molar-refractivity contribution in [2.75, 3.05) is 84.3 Å². The van der Waals surface area contributed by atoms with Crippen molar-refractivity contribution in [2.24, 2.45) is 11.8 Å². The molecule has 4 aromatic rings. The van der Waals surface area contributed by atoms with E-state index in [4.69, 9.17) is 0 Å². The van der Waals surface area contributed by atoms with E-state index in [0.29, 0.717) is 0 Å². The number of para-hydroxylation sites is 1. The number of allylic oxidation sites excluding steroid dienone is 2. The molecule has 316 valence electrons. The molecule has 0 radical (unpaired) electrons. The summed E-state index contributed by atoms with van der Waals surface area (Å²) in [5, 5.41) is 0.